The molecule has 2 N–H and O–H groups in total. The quantitative estimate of drug-likeness (QED) is 0.512. The summed E-state index contributed by atoms with van der Waals surface area (Å²) in [4.78, 5) is 25.0. The fourth-order valence-corrected chi connectivity index (χ4v) is 3.44. The number of hydrazone groups is 1. The highest BCUT2D eigenvalue weighted by atomic mass is 16.5. The van der Waals surface area contributed by atoms with Crippen molar-refractivity contribution in [2.45, 2.75) is 32.6 Å². The molecule has 0 aliphatic heterocycles. The predicted octanol–water partition coefficient (Wildman–Crippen LogP) is 2.83. The number of carbonyl (C=O) groups is 2. The fraction of sp³-hybridized carbons (Fsp3) is 0.409. The summed E-state index contributed by atoms with van der Waals surface area (Å²) in [6.07, 6.45) is 2.99. The third kappa shape index (κ3) is 4.88. The van der Waals surface area contributed by atoms with E-state index >= 15 is 0 Å². The molecule has 0 fully saturated rings. The van der Waals surface area contributed by atoms with Gasteiger partial charge < -0.3 is 19.2 Å². The van der Waals surface area contributed by atoms with Crippen LogP contribution in [0.5, 0.6) is 5.75 Å². The van der Waals surface area contributed by atoms with Gasteiger partial charge in [0.25, 0.3) is 11.8 Å². The molecule has 160 valence electrons. The fourth-order valence-electron chi connectivity index (χ4n) is 3.44. The zero-order valence-electron chi connectivity index (χ0n) is 17.5. The van der Waals surface area contributed by atoms with Crippen molar-refractivity contribution < 1.29 is 23.5 Å². The minimum absolute atomic E-state index is 0.252. The molecule has 30 heavy (non-hydrogen) atoms. The van der Waals surface area contributed by atoms with E-state index in [4.69, 9.17) is 13.9 Å². The van der Waals surface area contributed by atoms with Crippen LogP contribution in [0.4, 0.5) is 0 Å². The number of methoxy groups -OCH3 is 2. The van der Waals surface area contributed by atoms with E-state index in [2.05, 4.69) is 15.8 Å². The Bertz CT molecular complexity index is 948. The predicted molar refractivity (Wildman–Crippen MR) is 112 cm³/mol. The topological polar surface area (TPSA) is 102 Å². The first-order chi connectivity index (χ1) is 14.5. The van der Waals surface area contributed by atoms with E-state index in [-0.39, 0.29) is 11.8 Å². The van der Waals surface area contributed by atoms with Gasteiger partial charge in [0.05, 0.1) is 12.8 Å². The molecule has 8 heteroatoms. The van der Waals surface area contributed by atoms with Crippen molar-refractivity contribution in [3.05, 3.63) is 52.5 Å². The maximum atomic E-state index is 12.5. The lowest BCUT2D eigenvalue weighted by Gasteiger charge is -2.13. The number of carbonyl (C=O) groups excluding carboxylic acids is 2. The zero-order valence-corrected chi connectivity index (χ0v) is 17.5. The molecule has 0 bridgehead atoms. The van der Waals surface area contributed by atoms with Crippen molar-refractivity contribution in [1.29, 1.82) is 0 Å². The van der Waals surface area contributed by atoms with Crippen LogP contribution < -0.4 is 15.5 Å². The SMILES string of the molecule is COCCCNC(=O)c1oc2c(c1C)/C(=N/NC(=O)c1cccc(OC)c1)CCC2. The van der Waals surface area contributed by atoms with Crippen LogP contribution in [0.3, 0.4) is 0 Å². The number of fused-ring (bicyclic) bond motifs is 1. The second kappa shape index (κ2) is 10.1. The summed E-state index contributed by atoms with van der Waals surface area (Å²) in [5.74, 6) is 1.05. The molecular formula is C22H27N3O5. The first-order valence-corrected chi connectivity index (χ1v) is 9.96. The highest BCUT2D eigenvalue weighted by Crippen LogP contribution is 2.29. The van der Waals surface area contributed by atoms with Gasteiger partial charge in [-0.3, -0.25) is 9.59 Å². The highest BCUT2D eigenvalue weighted by Gasteiger charge is 2.28. The smallest absolute Gasteiger partial charge is 0.287 e. The molecule has 8 nitrogen and oxygen atoms in total. The molecule has 1 heterocycles. The molecular weight excluding hydrogens is 386 g/mol. The number of benzene rings is 1. The third-order valence-corrected chi connectivity index (χ3v) is 4.97. The Morgan fingerprint density at radius 3 is 2.80 bits per heavy atom. The summed E-state index contributed by atoms with van der Waals surface area (Å²) in [6.45, 7) is 2.93. The van der Waals surface area contributed by atoms with E-state index in [1.807, 2.05) is 6.92 Å². The van der Waals surface area contributed by atoms with Gasteiger partial charge in [-0.2, -0.15) is 5.10 Å². The van der Waals surface area contributed by atoms with Crippen LogP contribution in [-0.2, 0) is 11.2 Å². The van der Waals surface area contributed by atoms with Crippen LogP contribution in [0.15, 0.2) is 33.8 Å². The zero-order chi connectivity index (χ0) is 21.5. The molecule has 3 rings (SSSR count). The number of ether oxygens (including phenoxy) is 2. The lowest BCUT2D eigenvalue weighted by atomic mass is 9.93. The van der Waals surface area contributed by atoms with E-state index in [1.54, 1.807) is 38.5 Å². The number of hydrogen-bond donors (Lipinski definition) is 2. The molecule has 0 radical (unpaired) electrons. The van der Waals surface area contributed by atoms with E-state index in [9.17, 15) is 9.59 Å². The van der Waals surface area contributed by atoms with Crippen LogP contribution in [-0.4, -0.2) is 44.9 Å². The molecule has 1 aromatic heterocycles. The minimum Gasteiger partial charge on any atom is -0.497 e. The Labute approximate surface area is 175 Å². The molecule has 0 atom stereocenters. The van der Waals surface area contributed by atoms with Crippen molar-refractivity contribution in [2.75, 3.05) is 27.4 Å². The Morgan fingerprint density at radius 2 is 2.03 bits per heavy atom. The summed E-state index contributed by atoms with van der Waals surface area (Å²) in [5.41, 5.74) is 5.33. The summed E-state index contributed by atoms with van der Waals surface area (Å²) < 4.78 is 16.0. The van der Waals surface area contributed by atoms with Crippen molar-refractivity contribution in [1.82, 2.24) is 10.7 Å². The standard InChI is InChI=1S/C22H27N3O5/c1-14-19-17(24-25-21(26)15-7-4-8-16(13-15)29-3)9-5-10-18(19)30-20(14)22(27)23-11-6-12-28-2/h4,7-8,13H,5-6,9-12H2,1-3H3,(H,23,27)(H,25,26)/b24-17+. The van der Waals surface area contributed by atoms with Crippen molar-refractivity contribution in [2.24, 2.45) is 5.10 Å². The second-order valence-corrected chi connectivity index (χ2v) is 7.04. The number of rotatable bonds is 8. The van der Waals surface area contributed by atoms with Gasteiger partial charge in [-0.25, -0.2) is 5.43 Å². The van der Waals surface area contributed by atoms with Crippen LogP contribution >= 0.6 is 0 Å². The molecule has 2 amide bonds. The number of nitrogens with zero attached hydrogens (tertiary/aromatic N) is 1. The summed E-state index contributed by atoms with van der Waals surface area (Å²) in [6, 6.07) is 6.86. The van der Waals surface area contributed by atoms with Gasteiger partial charge in [-0.05, 0) is 44.4 Å². The van der Waals surface area contributed by atoms with Crippen molar-refractivity contribution in [3.8, 4) is 5.75 Å². The lowest BCUT2D eigenvalue weighted by Crippen LogP contribution is -2.25. The van der Waals surface area contributed by atoms with Gasteiger partial charge in [0.1, 0.15) is 11.5 Å². The first-order valence-electron chi connectivity index (χ1n) is 9.96. The number of furan rings is 1. The van der Waals surface area contributed by atoms with Gasteiger partial charge in [0.2, 0.25) is 0 Å². The van der Waals surface area contributed by atoms with Crippen molar-refractivity contribution in [3.63, 3.8) is 0 Å². The average molecular weight is 413 g/mol. The Balaban J connectivity index is 1.75. The number of hydrogen-bond acceptors (Lipinski definition) is 6. The van der Waals surface area contributed by atoms with Gasteiger partial charge in [-0.15, -0.1) is 0 Å². The summed E-state index contributed by atoms with van der Waals surface area (Å²) in [7, 11) is 3.17. The van der Waals surface area contributed by atoms with Gasteiger partial charge in [0.15, 0.2) is 5.76 Å². The highest BCUT2D eigenvalue weighted by molar-refractivity contribution is 6.07. The van der Waals surface area contributed by atoms with Crippen LogP contribution in [0.25, 0.3) is 0 Å². The maximum Gasteiger partial charge on any atom is 0.287 e. The largest absolute Gasteiger partial charge is 0.497 e. The second-order valence-electron chi connectivity index (χ2n) is 7.04. The third-order valence-electron chi connectivity index (χ3n) is 4.97. The Hall–Kier alpha value is -3.13. The monoisotopic (exact) mass is 413 g/mol. The number of aryl methyl sites for hydroxylation is 1. The van der Waals surface area contributed by atoms with E-state index in [0.29, 0.717) is 42.4 Å². The van der Waals surface area contributed by atoms with E-state index < -0.39 is 0 Å². The first kappa shape index (κ1) is 21.6. The minimum atomic E-state index is -0.328. The normalized spacial score (nSPS) is 14.3. The molecule has 0 saturated heterocycles. The summed E-state index contributed by atoms with van der Waals surface area (Å²) in [5, 5.41) is 7.19. The average Bonchev–Trinajstić information content (AvgIpc) is 3.12. The Morgan fingerprint density at radius 1 is 1.20 bits per heavy atom. The molecule has 0 unspecified atom stereocenters. The number of nitrogens with one attached hydrogen (secondary N) is 2. The van der Waals surface area contributed by atoms with Crippen LogP contribution in [0.2, 0.25) is 0 Å². The molecule has 1 aromatic carbocycles. The molecule has 0 spiro atoms. The van der Waals surface area contributed by atoms with Crippen molar-refractivity contribution >= 4 is 17.5 Å². The van der Waals surface area contributed by atoms with Gasteiger partial charge >= 0.3 is 0 Å². The molecule has 1 aliphatic rings. The molecule has 2 aromatic rings. The van der Waals surface area contributed by atoms with E-state index in [1.165, 1.54) is 0 Å². The Kier molecular flexibility index (Phi) is 7.24. The maximum absolute atomic E-state index is 12.5. The number of amides is 2. The molecule has 0 saturated carbocycles. The molecule has 1 aliphatic carbocycles. The van der Waals surface area contributed by atoms with Crippen LogP contribution in [0, 0.1) is 6.92 Å². The van der Waals surface area contributed by atoms with Gasteiger partial charge in [0, 0.05) is 43.4 Å². The van der Waals surface area contributed by atoms with E-state index in [0.717, 1.165) is 36.1 Å². The lowest BCUT2D eigenvalue weighted by molar-refractivity contribution is 0.0916. The van der Waals surface area contributed by atoms with Crippen LogP contribution in [0.1, 0.15) is 57.1 Å². The summed E-state index contributed by atoms with van der Waals surface area (Å²) >= 11 is 0. The van der Waals surface area contributed by atoms with Gasteiger partial charge in [-0.1, -0.05) is 6.07 Å².